The van der Waals surface area contributed by atoms with Crippen LogP contribution in [0.4, 0.5) is 5.82 Å². The van der Waals surface area contributed by atoms with Gasteiger partial charge in [-0.1, -0.05) is 13.3 Å². The van der Waals surface area contributed by atoms with Crippen molar-refractivity contribution in [2.24, 2.45) is 0 Å². The average molecular weight is 179 g/mol. The Morgan fingerprint density at radius 3 is 3.00 bits per heavy atom. The Bertz CT molecular complexity index is 301. The lowest BCUT2D eigenvalue weighted by molar-refractivity contribution is 0.648. The fourth-order valence-corrected chi connectivity index (χ4v) is 1.98. The van der Waals surface area contributed by atoms with Crippen LogP contribution < -0.4 is 5.32 Å². The van der Waals surface area contributed by atoms with Crippen molar-refractivity contribution in [2.75, 3.05) is 11.9 Å². The van der Waals surface area contributed by atoms with E-state index in [1.54, 1.807) is 0 Å². The first-order chi connectivity index (χ1) is 6.36. The molecule has 0 radical (unpaired) electrons. The second kappa shape index (κ2) is 3.40. The Kier molecular flexibility index (Phi) is 2.25. The highest BCUT2D eigenvalue weighted by molar-refractivity contribution is 5.52. The Morgan fingerprint density at radius 1 is 1.46 bits per heavy atom. The van der Waals surface area contributed by atoms with Crippen LogP contribution in [0.3, 0.4) is 0 Å². The molecule has 3 heteroatoms. The summed E-state index contributed by atoms with van der Waals surface area (Å²) in [7, 11) is 0. The van der Waals surface area contributed by atoms with Crippen molar-refractivity contribution in [2.45, 2.75) is 39.7 Å². The fourth-order valence-electron chi connectivity index (χ4n) is 1.98. The second-order valence-electron chi connectivity index (χ2n) is 3.52. The Balaban J connectivity index is 2.36. The van der Waals surface area contributed by atoms with Gasteiger partial charge in [-0.25, -0.2) is 4.68 Å². The summed E-state index contributed by atoms with van der Waals surface area (Å²) < 4.78 is 2.09. The maximum atomic E-state index is 4.59. The summed E-state index contributed by atoms with van der Waals surface area (Å²) in [5.74, 6) is 1.27. The second-order valence-corrected chi connectivity index (χ2v) is 3.52. The summed E-state index contributed by atoms with van der Waals surface area (Å²) in [5, 5.41) is 7.99. The quantitative estimate of drug-likeness (QED) is 0.767. The van der Waals surface area contributed by atoms with E-state index in [2.05, 4.69) is 28.9 Å². The van der Waals surface area contributed by atoms with Crippen molar-refractivity contribution in [1.29, 1.82) is 0 Å². The molecular weight excluding hydrogens is 162 g/mol. The highest BCUT2D eigenvalue weighted by atomic mass is 15.3. The summed E-state index contributed by atoms with van der Waals surface area (Å²) >= 11 is 0. The topological polar surface area (TPSA) is 29.9 Å². The number of aromatic nitrogens is 2. The number of hydrogen-bond acceptors (Lipinski definition) is 2. The van der Waals surface area contributed by atoms with Gasteiger partial charge in [-0.05, 0) is 19.8 Å². The van der Waals surface area contributed by atoms with Crippen molar-refractivity contribution in [3.8, 4) is 0 Å². The van der Waals surface area contributed by atoms with E-state index < -0.39 is 0 Å². The third-order valence-corrected chi connectivity index (χ3v) is 2.59. The van der Waals surface area contributed by atoms with E-state index in [1.807, 2.05) is 0 Å². The van der Waals surface area contributed by atoms with Crippen molar-refractivity contribution in [3.05, 3.63) is 11.3 Å². The lowest BCUT2D eigenvalue weighted by Crippen LogP contribution is -2.05. The third-order valence-electron chi connectivity index (χ3n) is 2.59. The van der Waals surface area contributed by atoms with Gasteiger partial charge in [0.25, 0.3) is 0 Å². The number of hydrogen-bond donors (Lipinski definition) is 1. The molecular formula is C10H17N3. The zero-order valence-electron chi connectivity index (χ0n) is 8.43. The Labute approximate surface area is 79.1 Å². The molecule has 1 N–H and O–H groups in total. The average Bonchev–Trinajstić information content (AvgIpc) is 2.68. The maximum absolute atomic E-state index is 4.59. The Hall–Kier alpha value is -0.990. The van der Waals surface area contributed by atoms with Crippen LogP contribution in [0.25, 0.3) is 0 Å². The lowest BCUT2D eigenvalue weighted by atomic mass is 10.1. The van der Waals surface area contributed by atoms with Crippen molar-refractivity contribution in [3.63, 3.8) is 0 Å². The first-order valence-corrected chi connectivity index (χ1v) is 5.19. The molecule has 1 aromatic rings. The highest BCUT2D eigenvalue weighted by Crippen LogP contribution is 2.26. The molecule has 0 spiro atoms. The van der Waals surface area contributed by atoms with Crippen molar-refractivity contribution in [1.82, 2.24) is 9.78 Å². The van der Waals surface area contributed by atoms with Gasteiger partial charge >= 0.3 is 0 Å². The number of nitrogens with one attached hydrogen (secondary N) is 1. The zero-order chi connectivity index (χ0) is 9.26. The molecule has 0 unspecified atom stereocenters. The van der Waals surface area contributed by atoms with Crippen LogP contribution >= 0.6 is 0 Å². The number of rotatable bonds is 3. The molecule has 0 aliphatic carbocycles. The molecule has 1 aliphatic heterocycles. The minimum atomic E-state index is 0.971. The summed E-state index contributed by atoms with van der Waals surface area (Å²) in [6, 6.07) is 0. The zero-order valence-corrected chi connectivity index (χ0v) is 8.43. The molecule has 0 atom stereocenters. The van der Waals surface area contributed by atoms with Gasteiger partial charge in [0.2, 0.25) is 0 Å². The largest absolute Gasteiger partial charge is 0.370 e. The molecule has 72 valence electrons. The molecule has 0 amide bonds. The molecule has 0 saturated heterocycles. The predicted molar refractivity (Wildman–Crippen MR) is 54.1 cm³/mol. The van der Waals surface area contributed by atoms with Crippen LogP contribution in [0.5, 0.6) is 0 Å². The SMILES string of the molecule is CCCc1nn(CC)c2c1CCN2. The van der Waals surface area contributed by atoms with Crippen molar-refractivity contribution >= 4 is 5.82 Å². The summed E-state index contributed by atoms with van der Waals surface area (Å²) in [6.45, 7) is 6.41. The molecule has 0 saturated carbocycles. The minimum absolute atomic E-state index is 0.971. The highest BCUT2D eigenvalue weighted by Gasteiger charge is 2.20. The third kappa shape index (κ3) is 1.32. The van der Waals surface area contributed by atoms with Gasteiger partial charge in [0, 0.05) is 18.7 Å². The molecule has 2 heterocycles. The molecule has 1 aliphatic rings. The van der Waals surface area contributed by atoms with E-state index in [-0.39, 0.29) is 0 Å². The van der Waals surface area contributed by atoms with Crippen LogP contribution in [-0.4, -0.2) is 16.3 Å². The molecule has 13 heavy (non-hydrogen) atoms. The summed E-state index contributed by atoms with van der Waals surface area (Å²) in [5.41, 5.74) is 2.77. The molecule has 0 bridgehead atoms. The van der Waals surface area contributed by atoms with E-state index in [4.69, 9.17) is 0 Å². The van der Waals surface area contributed by atoms with Gasteiger partial charge in [-0.2, -0.15) is 5.10 Å². The first kappa shape index (κ1) is 8.60. The van der Waals surface area contributed by atoms with E-state index >= 15 is 0 Å². The van der Waals surface area contributed by atoms with Crippen LogP contribution in [0, 0.1) is 0 Å². The van der Waals surface area contributed by atoms with Crippen molar-refractivity contribution < 1.29 is 0 Å². The normalized spacial score (nSPS) is 14.3. The lowest BCUT2D eigenvalue weighted by Gasteiger charge is -2.01. The number of aryl methyl sites for hydroxylation is 2. The van der Waals surface area contributed by atoms with Gasteiger partial charge in [-0.3, -0.25) is 0 Å². The predicted octanol–water partition coefficient (Wildman–Crippen LogP) is 1.82. The molecule has 0 fully saturated rings. The summed E-state index contributed by atoms with van der Waals surface area (Å²) in [6.07, 6.45) is 3.47. The van der Waals surface area contributed by atoms with E-state index in [1.165, 1.54) is 23.5 Å². The van der Waals surface area contributed by atoms with Gasteiger partial charge in [0.1, 0.15) is 5.82 Å². The molecule has 3 nitrogen and oxygen atoms in total. The van der Waals surface area contributed by atoms with E-state index in [0.29, 0.717) is 0 Å². The maximum Gasteiger partial charge on any atom is 0.127 e. The molecule has 0 aromatic carbocycles. The minimum Gasteiger partial charge on any atom is -0.370 e. The van der Waals surface area contributed by atoms with E-state index in [9.17, 15) is 0 Å². The van der Waals surface area contributed by atoms with Crippen LogP contribution in [0.15, 0.2) is 0 Å². The Morgan fingerprint density at radius 2 is 2.31 bits per heavy atom. The van der Waals surface area contributed by atoms with Gasteiger partial charge in [-0.15, -0.1) is 0 Å². The fraction of sp³-hybridized carbons (Fsp3) is 0.700. The van der Waals surface area contributed by atoms with Gasteiger partial charge in [0.05, 0.1) is 5.69 Å². The first-order valence-electron chi connectivity index (χ1n) is 5.19. The summed E-state index contributed by atoms with van der Waals surface area (Å²) in [4.78, 5) is 0. The number of anilines is 1. The van der Waals surface area contributed by atoms with Gasteiger partial charge in [0.15, 0.2) is 0 Å². The number of nitrogens with zero attached hydrogens (tertiary/aromatic N) is 2. The number of fused-ring (bicyclic) bond motifs is 1. The van der Waals surface area contributed by atoms with E-state index in [0.717, 1.165) is 25.9 Å². The van der Waals surface area contributed by atoms with Crippen LogP contribution in [-0.2, 0) is 19.4 Å². The standard InChI is InChI=1S/C10H17N3/c1-3-5-9-8-6-7-11-10(8)13(4-2)12-9/h11H,3-7H2,1-2H3. The molecule has 1 aromatic heterocycles. The molecule has 2 rings (SSSR count). The van der Waals surface area contributed by atoms with Gasteiger partial charge < -0.3 is 5.32 Å². The van der Waals surface area contributed by atoms with Crippen LogP contribution in [0.2, 0.25) is 0 Å². The smallest absolute Gasteiger partial charge is 0.127 e. The monoisotopic (exact) mass is 179 g/mol. The van der Waals surface area contributed by atoms with Crippen LogP contribution in [0.1, 0.15) is 31.5 Å².